The van der Waals surface area contributed by atoms with Gasteiger partial charge in [-0.1, -0.05) is 30.3 Å². The standard InChI is InChI=1S/C25H27N5O6S/c1-4-36-18(31)13-28-24(33)21(15-9-11-16(35-3)12-10-15)30(17-8-6-5-7-14(17)2)25(34)22-19(26)20(23(27)32)29-37-22/h5-12,21H,4,13,26H2,1-3H3,(H2,27,32)(H,28,33)/t21-/m1/s1. The molecule has 0 spiro atoms. The molecule has 0 unspecified atom stereocenters. The molecule has 1 atom stereocenters. The van der Waals surface area contributed by atoms with E-state index < -0.39 is 36.3 Å². The van der Waals surface area contributed by atoms with E-state index in [-0.39, 0.29) is 22.9 Å². The molecule has 0 saturated carbocycles. The number of anilines is 2. The van der Waals surface area contributed by atoms with Crippen LogP contribution in [0.5, 0.6) is 5.75 Å². The maximum atomic E-state index is 14.0. The van der Waals surface area contributed by atoms with Gasteiger partial charge < -0.3 is 26.3 Å². The predicted octanol–water partition coefficient (Wildman–Crippen LogP) is 2.21. The second kappa shape index (κ2) is 12.0. The van der Waals surface area contributed by atoms with Crippen molar-refractivity contribution in [3.63, 3.8) is 0 Å². The summed E-state index contributed by atoms with van der Waals surface area (Å²) < 4.78 is 14.1. The molecule has 0 bridgehead atoms. The summed E-state index contributed by atoms with van der Waals surface area (Å²) in [5, 5.41) is 2.55. The average molecular weight is 526 g/mol. The predicted molar refractivity (Wildman–Crippen MR) is 138 cm³/mol. The summed E-state index contributed by atoms with van der Waals surface area (Å²) in [7, 11) is 1.50. The van der Waals surface area contributed by atoms with Gasteiger partial charge in [-0.25, -0.2) is 0 Å². The normalized spacial score (nSPS) is 11.3. The fourth-order valence-electron chi connectivity index (χ4n) is 3.61. The van der Waals surface area contributed by atoms with Crippen molar-refractivity contribution in [2.45, 2.75) is 19.9 Å². The highest BCUT2D eigenvalue weighted by molar-refractivity contribution is 7.09. The number of rotatable bonds is 10. The molecule has 3 amide bonds. The van der Waals surface area contributed by atoms with E-state index in [0.717, 1.165) is 0 Å². The highest BCUT2D eigenvalue weighted by Gasteiger charge is 2.36. The van der Waals surface area contributed by atoms with Crippen LogP contribution in [0.15, 0.2) is 48.5 Å². The Balaban J connectivity index is 2.17. The lowest BCUT2D eigenvalue weighted by Gasteiger charge is -2.32. The molecule has 12 heteroatoms. The lowest BCUT2D eigenvalue weighted by atomic mass is 10.0. The number of nitrogens with one attached hydrogen (secondary N) is 1. The number of aryl methyl sites for hydroxylation is 1. The number of ether oxygens (including phenoxy) is 2. The van der Waals surface area contributed by atoms with Gasteiger partial charge in [0.1, 0.15) is 23.2 Å². The lowest BCUT2D eigenvalue weighted by molar-refractivity contribution is -0.143. The topological polar surface area (TPSA) is 167 Å². The molecular formula is C25H27N5O6S. The van der Waals surface area contributed by atoms with Crippen molar-refractivity contribution in [3.8, 4) is 5.75 Å². The second-order valence-electron chi connectivity index (χ2n) is 7.80. The number of aromatic nitrogens is 1. The van der Waals surface area contributed by atoms with E-state index in [4.69, 9.17) is 20.9 Å². The van der Waals surface area contributed by atoms with E-state index in [1.807, 2.05) is 0 Å². The summed E-state index contributed by atoms with van der Waals surface area (Å²) >= 11 is 0.704. The Kier molecular flexibility index (Phi) is 8.80. The number of hydrogen-bond acceptors (Lipinski definition) is 9. The number of nitrogens with two attached hydrogens (primary N) is 2. The van der Waals surface area contributed by atoms with Gasteiger partial charge in [-0.05, 0) is 54.7 Å². The zero-order valence-corrected chi connectivity index (χ0v) is 21.3. The molecule has 0 aliphatic heterocycles. The highest BCUT2D eigenvalue weighted by atomic mass is 32.1. The summed E-state index contributed by atoms with van der Waals surface area (Å²) in [5.41, 5.74) is 12.5. The highest BCUT2D eigenvalue weighted by Crippen LogP contribution is 2.35. The quantitative estimate of drug-likeness (QED) is 0.339. The molecule has 3 aromatic rings. The van der Waals surface area contributed by atoms with Crippen LogP contribution in [0.4, 0.5) is 11.4 Å². The van der Waals surface area contributed by atoms with E-state index in [1.54, 1.807) is 62.4 Å². The number of esters is 1. The van der Waals surface area contributed by atoms with Gasteiger partial charge in [-0.15, -0.1) is 0 Å². The zero-order valence-electron chi connectivity index (χ0n) is 20.5. The molecule has 37 heavy (non-hydrogen) atoms. The van der Waals surface area contributed by atoms with E-state index in [9.17, 15) is 19.2 Å². The third-order valence-corrected chi connectivity index (χ3v) is 6.25. The molecular weight excluding hydrogens is 498 g/mol. The molecule has 3 rings (SSSR count). The number of nitrogens with zero attached hydrogens (tertiary/aromatic N) is 2. The van der Waals surface area contributed by atoms with Crippen LogP contribution in [0.3, 0.4) is 0 Å². The molecule has 194 valence electrons. The lowest BCUT2D eigenvalue weighted by Crippen LogP contribution is -2.45. The summed E-state index contributed by atoms with van der Waals surface area (Å²) in [5.74, 6) is -2.29. The van der Waals surface area contributed by atoms with Crippen molar-refractivity contribution in [3.05, 3.63) is 70.2 Å². The second-order valence-corrected chi connectivity index (χ2v) is 8.57. The van der Waals surface area contributed by atoms with Crippen LogP contribution in [0.1, 0.15) is 44.3 Å². The molecule has 0 aliphatic rings. The van der Waals surface area contributed by atoms with Crippen molar-refractivity contribution >= 4 is 46.6 Å². The van der Waals surface area contributed by atoms with Crippen LogP contribution in [0.25, 0.3) is 0 Å². The van der Waals surface area contributed by atoms with Gasteiger partial charge >= 0.3 is 5.97 Å². The molecule has 2 aromatic carbocycles. The van der Waals surface area contributed by atoms with Gasteiger partial charge in [-0.3, -0.25) is 24.1 Å². The van der Waals surface area contributed by atoms with E-state index in [2.05, 4.69) is 9.69 Å². The Morgan fingerprint density at radius 2 is 1.78 bits per heavy atom. The first-order chi connectivity index (χ1) is 17.7. The Hall–Kier alpha value is -4.45. The molecule has 1 aromatic heterocycles. The summed E-state index contributed by atoms with van der Waals surface area (Å²) in [6, 6.07) is 12.3. The fourth-order valence-corrected chi connectivity index (χ4v) is 4.35. The van der Waals surface area contributed by atoms with Gasteiger partial charge in [0.15, 0.2) is 5.69 Å². The largest absolute Gasteiger partial charge is 0.497 e. The molecule has 1 heterocycles. The summed E-state index contributed by atoms with van der Waals surface area (Å²) in [4.78, 5) is 52.5. The van der Waals surface area contributed by atoms with Crippen LogP contribution in [0, 0.1) is 6.92 Å². The minimum absolute atomic E-state index is 0.0613. The number of amides is 3. The smallest absolute Gasteiger partial charge is 0.325 e. The molecule has 0 fully saturated rings. The number of carbonyl (C=O) groups is 4. The van der Waals surface area contributed by atoms with Gasteiger partial charge in [-0.2, -0.15) is 4.37 Å². The van der Waals surface area contributed by atoms with Crippen LogP contribution >= 0.6 is 11.5 Å². The van der Waals surface area contributed by atoms with Crippen molar-refractivity contribution in [2.24, 2.45) is 5.73 Å². The Bertz CT molecular complexity index is 1310. The first-order valence-electron chi connectivity index (χ1n) is 11.2. The van der Waals surface area contributed by atoms with Gasteiger partial charge in [0.2, 0.25) is 5.91 Å². The third kappa shape index (κ3) is 6.04. The van der Waals surface area contributed by atoms with Crippen molar-refractivity contribution < 1.29 is 28.7 Å². The van der Waals surface area contributed by atoms with Gasteiger partial charge in [0.25, 0.3) is 11.8 Å². The monoisotopic (exact) mass is 525 g/mol. The maximum absolute atomic E-state index is 14.0. The van der Waals surface area contributed by atoms with Crippen LogP contribution < -0.4 is 26.4 Å². The zero-order chi connectivity index (χ0) is 27.1. The Morgan fingerprint density at radius 3 is 2.35 bits per heavy atom. The van der Waals surface area contributed by atoms with E-state index in [1.165, 1.54) is 12.0 Å². The molecule has 5 N–H and O–H groups in total. The number of nitrogen functional groups attached to an aromatic ring is 1. The minimum atomic E-state index is -1.24. The van der Waals surface area contributed by atoms with Crippen LogP contribution in [-0.4, -0.2) is 48.3 Å². The number of benzene rings is 2. The van der Waals surface area contributed by atoms with Gasteiger partial charge in [0, 0.05) is 5.69 Å². The Labute approximate surface area is 217 Å². The number of para-hydroxylation sites is 1. The van der Waals surface area contributed by atoms with Crippen LogP contribution in [0.2, 0.25) is 0 Å². The molecule has 0 saturated heterocycles. The first kappa shape index (κ1) is 27.1. The minimum Gasteiger partial charge on any atom is -0.497 e. The van der Waals surface area contributed by atoms with E-state index in [0.29, 0.717) is 34.1 Å². The number of hydrogen-bond donors (Lipinski definition) is 3. The fraction of sp³-hybridized carbons (Fsp3) is 0.240. The summed E-state index contributed by atoms with van der Waals surface area (Å²) in [6.45, 7) is 3.18. The third-order valence-electron chi connectivity index (χ3n) is 5.40. The SMILES string of the molecule is CCOC(=O)CNC(=O)[C@@H](c1ccc(OC)cc1)N(C(=O)c1snc(C(N)=O)c1N)c1ccccc1C. The number of methoxy groups -OCH3 is 1. The van der Waals surface area contributed by atoms with E-state index >= 15 is 0 Å². The van der Waals surface area contributed by atoms with Crippen molar-refractivity contribution in [2.75, 3.05) is 30.9 Å². The maximum Gasteiger partial charge on any atom is 0.325 e. The molecule has 0 aliphatic carbocycles. The van der Waals surface area contributed by atoms with Gasteiger partial charge in [0.05, 0.1) is 19.4 Å². The Morgan fingerprint density at radius 1 is 1.11 bits per heavy atom. The van der Waals surface area contributed by atoms with Crippen molar-refractivity contribution in [1.82, 2.24) is 9.69 Å². The molecule has 0 radical (unpaired) electrons. The number of carbonyl (C=O) groups excluding carboxylic acids is 4. The summed E-state index contributed by atoms with van der Waals surface area (Å²) in [6.07, 6.45) is 0. The average Bonchev–Trinajstić information content (AvgIpc) is 3.28. The molecule has 11 nitrogen and oxygen atoms in total. The number of primary amides is 1. The first-order valence-corrected chi connectivity index (χ1v) is 12.0. The van der Waals surface area contributed by atoms with Crippen LogP contribution in [-0.2, 0) is 14.3 Å². The van der Waals surface area contributed by atoms with Crippen molar-refractivity contribution in [1.29, 1.82) is 0 Å².